The van der Waals surface area contributed by atoms with Crippen LogP contribution in [0.5, 0.6) is 0 Å². The van der Waals surface area contributed by atoms with Gasteiger partial charge in [0.1, 0.15) is 5.78 Å². The lowest BCUT2D eigenvalue weighted by atomic mass is 9.93. The molecule has 1 aliphatic heterocycles. The van der Waals surface area contributed by atoms with E-state index in [1.54, 1.807) is 0 Å². The summed E-state index contributed by atoms with van der Waals surface area (Å²) < 4.78 is 42.4. The summed E-state index contributed by atoms with van der Waals surface area (Å²) in [5, 5.41) is 0. The van der Waals surface area contributed by atoms with Crippen LogP contribution in [0.15, 0.2) is 24.3 Å². The van der Waals surface area contributed by atoms with Crippen LogP contribution in [0.3, 0.4) is 0 Å². The van der Waals surface area contributed by atoms with E-state index in [1.807, 2.05) is 0 Å². The molecule has 0 saturated carbocycles. The van der Waals surface area contributed by atoms with Crippen molar-refractivity contribution in [3.63, 3.8) is 0 Å². The molecule has 1 heterocycles. The Balaban J connectivity index is 1.97. The first-order chi connectivity index (χ1) is 8.97. The molecule has 1 fully saturated rings. The number of ether oxygens (including phenoxy) is 1. The smallest absolute Gasteiger partial charge is 0.381 e. The Morgan fingerprint density at radius 1 is 1.26 bits per heavy atom. The predicted octanol–water partition coefficient (Wildman–Crippen LogP) is 3.24. The van der Waals surface area contributed by atoms with Crippen LogP contribution in [0.4, 0.5) is 13.2 Å². The van der Waals surface area contributed by atoms with Gasteiger partial charge in [-0.3, -0.25) is 4.79 Å². The number of benzene rings is 1. The molecule has 0 aliphatic carbocycles. The lowest BCUT2D eigenvalue weighted by Gasteiger charge is -2.20. The van der Waals surface area contributed by atoms with Crippen molar-refractivity contribution in [1.82, 2.24) is 0 Å². The summed E-state index contributed by atoms with van der Waals surface area (Å²) in [5.74, 6) is -0.0736. The van der Waals surface area contributed by atoms with Crippen LogP contribution in [0.1, 0.15) is 24.0 Å². The zero-order chi connectivity index (χ0) is 13.9. The fraction of sp³-hybridized carbons (Fsp3) is 0.500. The van der Waals surface area contributed by atoms with E-state index >= 15 is 0 Å². The van der Waals surface area contributed by atoms with Gasteiger partial charge >= 0.3 is 6.18 Å². The van der Waals surface area contributed by atoms with Crippen molar-refractivity contribution in [3.8, 4) is 0 Å². The van der Waals surface area contributed by atoms with Crippen molar-refractivity contribution < 1.29 is 22.7 Å². The number of carbonyl (C=O) groups is 1. The Morgan fingerprint density at radius 3 is 2.47 bits per heavy atom. The van der Waals surface area contributed by atoms with Gasteiger partial charge in [0.2, 0.25) is 0 Å². The fourth-order valence-electron chi connectivity index (χ4n) is 2.15. The molecule has 0 bridgehead atoms. The van der Waals surface area contributed by atoms with Gasteiger partial charge in [-0.2, -0.15) is 13.2 Å². The molecule has 104 valence electrons. The number of ketones is 1. The normalized spacial score (nSPS) is 20.3. The minimum absolute atomic E-state index is 0.0412. The highest BCUT2D eigenvalue weighted by molar-refractivity contribution is 5.83. The lowest BCUT2D eigenvalue weighted by molar-refractivity contribution is -0.137. The van der Waals surface area contributed by atoms with E-state index in [-0.39, 0.29) is 18.1 Å². The molecule has 19 heavy (non-hydrogen) atoms. The first-order valence-electron chi connectivity index (χ1n) is 6.23. The van der Waals surface area contributed by atoms with Crippen molar-refractivity contribution in [3.05, 3.63) is 35.4 Å². The summed E-state index contributed by atoms with van der Waals surface area (Å²) in [6.07, 6.45) is -2.49. The van der Waals surface area contributed by atoms with Gasteiger partial charge in [-0.1, -0.05) is 12.1 Å². The molecule has 1 aliphatic rings. The summed E-state index contributed by atoms with van der Waals surface area (Å²) in [7, 11) is 0. The Labute approximate surface area is 109 Å². The molecule has 0 amide bonds. The maximum Gasteiger partial charge on any atom is 0.416 e. The summed E-state index contributed by atoms with van der Waals surface area (Å²) in [5.41, 5.74) is -0.0757. The topological polar surface area (TPSA) is 26.3 Å². The number of rotatable bonds is 3. The summed E-state index contributed by atoms with van der Waals surface area (Å²) in [4.78, 5) is 11.9. The highest BCUT2D eigenvalue weighted by atomic mass is 19.4. The van der Waals surface area contributed by atoms with Crippen molar-refractivity contribution >= 4 is 5.78 Å². The number of Topliss-reactive ketones (excluding diaryl/α,β-unsaturated/α-hetero) is 1. The second-order valence-corrected chi connectivity index (χ2v) is 4.75. The largest absolute Gasteiger partial charge is 0.416 e. The van der Waals surface area contributed by atoms with E-state index < -0.39 is 11.7 Å². The minimum Gasteiger partial charge on any atom is -0.381 e. The molecule has 0 radical (unpaired) electrons. The van der Waals surface area contributed by atoms with Crippen molar-refractivity contribution in [1.29, 1.82) is 0 Å². The zero-order valence-corrected chi connectivity index (χ0v) is 10.4. The van der Waals surface area contributed by atoms with Gasteiger partial charge in [0.25, 0.3) is 0 Å². The molecule has 0 spiro atoms. The summed E-state index contributed by atoms with van der Waals surface area (Å²) in [6, 6.07) is 4.76. The molecule has 1 atom stereocenters. The van der Waals surface area contributed by atoms with Gasteiger partial charge in [0, 0.05) is 18.9 Å². The van der Waals surface area contributed by atoms with Crippen LogP contribution in [0.25, 0.3) is 0 Å². The number of alkyl halides is 3. The van der Waals surface area contributed by atoms with Gasteiger partial charge in [0.05, 0.1) is 12.2 Å². The third kappa shape index (κ3) is 3.80. The minimum atomic E-state index is -4.33. The highest BCUT2D eigenvalue weighted by Gasteiger charge is 2.30. The standard InChI is InChI=1S/C14H15F3O2/c15-14(16,17)12-5-3-10(4-6-12)8-13(18)11-2-1-7-19-9-11/h3-6,11H,1-2,7-9H2. The lowest BCUT2D eigenvalue weighted by Crippen LogP contribution is -2.26. The maximum atomic E-state index is 12.4. The van der Waals surface area contributed by atoms with Gasteiger partial charge in [0.15, 0.2) is 0 Å². The van der Waals surface area contributed by atoms with E-state index in [4.69, 9.17) is 4.74 Å². The first kappa shape index (κ1) is 14.1. The molecule has 1 saturated heterocycles. The number of hydrogen-bond acceptors (Lipinski definition) is 2. The Kier molecular flexibility index (Phi) is 4.24. The molecular formula is C14H15F3O2. The fourth-order valence-corrected chi connectivity index (χ4v) is 2.15. The van der Waals surface area contributed by atoms with Crippen molar-refractivity contribution in [2.24, 2.45) is 5.92 Å². The second-order valence-electron chi connectivity index (χ2n) is 4.75. The Bertz CT molecular complexity index is 431. The van der Waals surface area contributed by atoms with E-state index in [2.05, 4.69) is 0 Å². The molecule has 1 aromatic rings. The summed E-state index contributed by atoms with van der Waals surface area (Å²) >= 11 is 0. The van der Waals surface area contributed by atoms with Gasteiger partial charge in [-0.15, -0.1) is 0 Å². The molecular weight excluding hydrogens is 257 g/mol. The van der Waals surface area contributed by atoms with Crippen LogP contribution >= 0.6 is 0 Å². The van der Waals surface area contributed by atoms with Crippen LogP contribution in [-0.4, -0.2) is 19.0 Å². The van der Waals surface area contributed by atoms with Crippen molar-refractivity contribution in [2.45, 2.75) is 25.4 Å². The van der Waals surface area contributed by atoms with E-state index in [0.717, 1.165) is 25.0 Å². The molecule has 1 unspecified atom stereocenters. The molecule has 1 aromatic carbocycles. The molecule has 2 rings (SSSR count). The van der Waals surface area contributed by atoms with Gasteiger partial charge in [-0.25, -0.2) is 0 Å². The van der Waals surface area contributed by atoms with E-state index in [0.29, 0.717) is 18.8 Å². The molecule has 5 heteroatoms. The van der Waals surface area contributed by atoms with E-state index in [1.165, 1.54) is 12.1 Å². The average molecular weight is 272 g/mol. The molecule has 0 N–H and O–H groups in total. The zero-order valence-electron chi connectivity index (χ0n) is 10.4. The number of hydrogen-bond donors (Lipinski definition) is 0. The third-order valence-corrected chi connectivity index (χ3v) is 3.28. The monoisotopic (exact) mass is 272 g/mol. The van der Waals surface area contributed by atoms with Crippen LogP contribution in [0.2, 0.25) is 0 Å². The van der Waals surface area contributed by atoms with Crippen LogP contribution in [-0.2, 0) is 22.1 Å². The van der Waals surface area contributed by atoms with Crippen LogP contribution < -0.4 is 0 Å². The van der Waals surface area contributed by atoms with Gasteiger partial charge < -0.3 is 4.74 Å². The molecule has 0 aromatic heterocycles. The van der Waals surface area contributed by atoms with Crippen molar-refractivity contribution in [2.75, 3.05) is 13.2 Å². The average Bonchev–Trinajstić information content (AvgIpc) is 2.39. The van der Waals surface area contributed by atoms with Crippen LogP contribution in [0, 0.1) is 5.92 Å². The number of halogens is 3. The Hall–Kier alpha value is -1.36. The quantitative estimate of drug-likeness (QED) is 0.844. The third-order valence-electron chi connectivity index (χ3n) is 3.28. The SMILES string of the molecule is O=C(Cc1ccc(C(F)(F)F)cc1)C1CCCOC1. The molecule has 2 nitrogen and oxygen atoms in total. The second kappa shape index (κ2) is 5.74. The maximum absolute atomic E-state index is 12.4. The van der Waals surface area contributed by atoms with E-state index in [9.17, 15) is 18.0 Å². The van der Waals surface area contributed by atoms with Gasteiger partial charge in [-0.05, 0) is 30.5 Å². The summed E-state index contributed by atoms with van der Waals surface area (Å²) in [6.45, 7) is 1.11. The first-order valence-corrected chi connectivity index (χ1v) is 6.23. The highest BCUT2D eigenvalue weighted by Crippen LogP contribution is 2.29. The Morgan fingerprint density at radius 2 is 1.95 bits per heavy atom. The predicted molar refractivity (Wildman–Crippen MR) is 63.7 cm³/mol. The number of carbonyl (C=O) groups excluding carboxylic acids is 1.